The molecule has 2 amide bonds. The Bertz CT molecular complexity index is 1500. The van der Waals surface area contributed by atoms with Crippen molar-refractivity contribution < 1.29 is 33.6 Å². The van der Waals surface area contributed by atoms with Gasteiger partial charge in [0.15, 0.2) is 11.5 Å². The maximum Gasteiger partial charge on any atom is 0.412 e. The van der Waals surface area contributed by atoms with Crippen LogP contribution in [0.2, 0.25) is 0 Å². The second kappa shape index (κ2) is 11.2. The van der Waals surface area contributed by atoms with Gasteiger partial charge in [-0.1, -0.05) is 54.6 Å². The number of nitrogens with zero attached hydrogens (tertiary/aromatic N) is 2. The molecule has 9 heteroatoms. The fourth-order valence-corrected chi connectivity index (χ4v) is 6.24. The van der Waals surface area contributed by atoms with Crippen molar-refractivity contribution in [3.63, 3.8) is 0 Å². The minimum atomic E-state index is -1.63. The number of rotatable bonds is 7. The van der Waals surface area contributed by atoms with Crippen LogP contribution in [0.25, 0.3) is 0 Å². The van der Waals surface area contributed by atoms with Crippen molar-refractivity contribution >= 4 is 17.7 Å². The molecule has 3 aromatic carbocycles. The van der Waals surface area contributed by atoms with Crippen LogP contribution < -0.4 is 14.4 Å². The zero-order chi connectivity index (χ0) is 31.2. The summed E-state index contributed by atoms with van der Waals surface area (Å²) < 4.78 is 23.0. The lowest BCUT2D eigenvalue weighted by Gasteiger charge is -2.42. The Kier molecular flexibility index (Phi) is 7.92. The van der Waals surface area contributed by atoms with E-state index >= 15 is 4.79 Å². The Morgan fingerprint density at radius 2 is 1.65 bits per heavy atom. The molecular formula is C34H40N2O7. The number of amides is 2. The second-order valence-corrected chi connectivity index (χ2v) is 12.4. The van der Waals surface area contributed by atoms with Crippen LogP contribution >= 0.6 is 0 Å². The summed E-state index contributed by atoms with van der Waals surface area (Å²) in [5.74, 6) is 0.563. The van der Waals surface area contributed by atoms with Crippen molar-refractivity contribution in [1.82, 2.24) is 4.90 Å². The minimum Gasteiger partial charge on any atom is -0.493 e. The molecule has 0 unspecified atom stereocenters. The van der Waals surface area contributed by atoms with E-state index in [1.807, 2.05) is 54.6 Å². The van der Waals surface area contributed by atoms with Gasteiger partial charge in [-0.3, -0.25) is 9.69 Å². The third-order valence-electron chi connectivity index (χ3n) is 8.14. The van der Waals surface area contributed by atoms with Gasteiger partial charge in [0.25, 0.3) is 0 Å². The van der Waals surface area contributed by atoms with E-state index in [1.165, 1.54) is 19.1 Å². The third-order valence-corrected chi connectivity index (χ3v) is 8.14. The van der Waals surface area contributed by atoms with E-state index in [1.54, 1.807) is 57.7 Å². The minimum absolute atomic E-state index is 0.00339. The Hall–Kier alpha value is -4.08. The van der Waals surface area contributed by atoms with Crippen LogP contribution in [0.15, 0.2) is 72.8 Å². The standard InChI is InChI=1S/C34H40N2O7/c1-32(2,3)43-31(39)36-26(21-42-33(36,4)5)29(37)34(23-17-18-27(40-6)28(19-23)41-7)24-15-11-12-16-25(24)35(30(34)38)20-22-13-9-8-10-14-22/h8-19,26,29,37H,20-21H2,1-7H3/t26-,29-,34+/m0/s1. The molecule has 0 spiro atoms. The maximum absolute atomic E-state index is 15.0. The van der Waals surface area contributed by atoms with Crippen LogP contribution in [-0.2, 0) is 26.2 Å². The van der Waals surface area contributed by atoms with Gasteiger partial charge >= 0.3 is 6.09 Å². The monoisotopic (exact) mass is 588 g/mol. The SMILES string of the molecule is COc1ccc([C@@]2([C@@H](O)[C@@H]3COC(C)(C)N3C(=O)OC(C)(C)C)C(=O)N(Cc3ccccc3)c3ccccc32)cc1OC. The molecule has 9 nitrogen and oxygen atoms in total. The largest absolute Gasteiger partial charge is 0.493 e. The fourth-order valence-electron chi connectivity index (χ4n) is 6.24. The number of hydrogen-bond acceptors (Lipinski definition) is 7. The topological polar surface area (TPSA) is 97.8 Å². The molecule has 5 rings (SSSR count). The first-order valence-electron chi connectivity index (χ1n) is 14.4. The van der Waals surface area contributed by atoms with Gasteiger partial charge in [-0.2, -0.15) is 0 Å². The number of para-hydroxylation sites is 1. The molecule has 2 heterocycles. The number of methoxy groups -OCH3 is 2. The number of carbonyl (C=O) groups excluding carboxylic acids is 2. The van der Waals surface area contributed by atoms with Crippen LogP contribution in [0.3, 0.4) is 0 Å². The van der Waals surface area contributed by atoms with Gasteiger partial charge in [0.2, 0.25) is 5.91 Å². The third kappa shape index (κ3) is 5.21. The first-order valence-corrected chi connectivity index (χ1v) is 14.4. The predicted octanol–water partition coefficient (Wildman–Crippen LogP) is 5.27. The number of benzene rings is 3. The molecule has 1 fully saturated rings. The van der Waals surface area contributed by atoms with Gasteiger partial charge in [-0.15, -0.1) is 0 Å². The summed E-state index contributed by atoms with van der Waals surface area (Å²) in [5.41, 5.74) is -0.786. The molecule has 0 saturated carbocycles. The number of aliphatic hydroxyl groups is 1. The molecule has 0 aliphatic carbocycles. The van der Waals surface area contributed by atoms with Crippen LogP contribution in [0.5, 0.6) is 11.5 Å². The summed E-state index contributed by atoms with van der Waals surface area (Å²) in [6.45, 7) is 9.13. The van der Waals surface area contributed by atoms with Crippen molar-refractivity contribution in [3.05, 3.63) is 89.5 Å². The van der Waals surface area contributed by atoms with Crippen LogP contribution in [0.1, 0.15) is 51.3 Å². The van der Waals surface area contributed by atoms with E-state index in [0.29, 0.717) is 34.9 Å². The van der Waals surface area contributed by atoms with Gasteiger partial charge in [0, 0.05) is 5.69 Å². The number of carbonyl (C=O) groups is 2. The van der Waals surface area contributed by atoms with Crippen LogP contribution in [0.4, 0.5) is 10.5 Å². The van der Waals surface area contributed by atoms with Crippen molar-refractivity contribution in [2.75, 3.05) is 25.7 Å². The highest BCUT2D eigenvalue weighted by Crippen LogP contribution is 2.52. The zero-order valence-electron chi connectivity index (χ0n) is 25.8. The van der Waals surface area contributed by atoms with E-state index in [0.717, 1.165) is 5.56 Å². The summed E-state index contributed by atoms with van der Waals surface area (Å²) >= 11 is 0. The van der Waals surface area contributed by atoms with Gasteiger partial charge in [-0.25, -0.2) is 4.79 Å². The Balaban J connectivity index is 1.72. The number of hydrogen-bond donors (Lipinski definition) is 1. The molecule has 1 saturated heterocycles. The summed E-state index contributed by atoms with van der Waals surface area (Å²) in [6, 6.07) is 21.4. The first-order chi connectivity index (χ1) is 20.3. The average molecular weight is 589 g/mol. The second-order valence-electron chi connectivity index (χ2n) is 12.4. The summed E-state index contributed by atoms with van der Waals surface area (Å²) in [6.07, 6.45) is -2.07. The quantitative estimate of drug-likeness (QED) is 0.402. The molecule has 1 N–H and O–H groups in total. The molecule has 2 aliphatic rings. The van der Waals surface area contributed by atoms with E-state index in [4.69, 9.17) is 18.9 Å². The summed E-state index contributed by atoms with van der Waals surface area (Å²) in [5, 5.41) is 12.6. The highest BCUT2D eigenvalue weighted by atomic mass is 16.6. The van der Waals surface area contributed by atoms with Crippen molar-refractivity contribution in [3.8, 4) is 11.5 Å². The molecule has 3 atom stereocenters. The molecule has 228 valence electrons. The lowest BCUT2D eigenvalue weighted by Crippen LogP contribution is -2.61. The highest BCUT2D eigenvalue weighted by Gasteiger charge is 2.62. The summed E-state index contributed by atoms with van der Waals surface area (Å²) in [4.78, 5) is 31.8. The average Bonchev–Trinajstić information content (AvgIpc) is 3.42. The number of aliphatic hydroxyl groups excluding tert-OH is 1. The lowest BCUT2D eigenvalue weighted by atomic mass is 9.68. The molecule has 0 radical (unpaired) electrons. The van der Waals surface area contributed by atoms with Crippen molar-refractivity contribution in [1.29, 1.82) is 0 Å². The molecule has 3 aromatic rings. The number of fused-ring (bicyclic) bond motifs is 1. The molecule has 2 aliphatic heterocycles. The zero-order valence-corrected chi connectivity index (χ0v) is 25.8. The predicted molar refractivity (Wildman–Crippen MR) is 162 cm³/mol. The van der Waals surface area contributed by atoms with Crippen LogP contribution in [0, 0.1) is 0 Å². The van der Waals surface area contributed by atoms with Crippen molar-refractivity contribution in [2.45, 2.75) is 70.1 Å². The van der Waals surface area contributed by atoms with Gasteiger partial charge in [0.1, 0.15) is 16.7 Å². The fraction of sp³-hybridized carbons (Fsp3) is 0.412. The van der Waals surface area contributed by atoms with Crippen molar-refractivity contribution in [2.24, 2.45) is 0 Å². The Morgan fingerprint density at radius 3 is 2.30 bits per heavy atom. The molecule has 0 aromatic heterocycles. The maximum atomic E-state index is 15.0. The van der Waals surface area contributed by atoms with E-state index in [9.17, 15) is 9.90 Å². The van der Waals surface area contributed by atoms with Gasteiger partial charge in [0.05, 0.1) is 39.5 Å². The van der Waals surface area contributed by atoms with Gasteiger partial charge in [-0.05, 0) is 69.5 Å². The van der Waals surface area contributed by atoms with Gasteiger partial charge < -0.3 is 29.0 Å². The Labute approximate surface area is 252 Å². The van der Waals surface area contributed by atoms with E-state index in [-0.39, 0.29) is 12.5 Å². The molecular weight excluding hydrogens is 548 g/mol. The highest BCUT2D eigenvalue weighted by molar-refractivity contribution is 6.11. The van der Waals surface area contributed by atoms with E-state index in [2.05, 4.69) is 0 Å². The molecule has 0 bridgehead atoms. The normalized spacial score (nSPS) is 21.9. The Morgan fingerprint density at radius 1 is 1.00 bits per heavy atom. The number of anilines is 1. The molecule has 43 heavy (non-hydrogen) atoms. The van der Waals surface area contributed by atoms with Crippen LogP contribution in [-0.4, -0.2) is 66.3 Å². The smallest absolute Gasteiger partial charge is 0.412 e. The lowest BCUT2D eigenvalue weighted by molar-refractivity contribution is -0.127. The summed E-state index contributed by atoms with van der Waals surface area (Å²) in [7, 11) is 3.06. The van der Waals surface area contributed by atoms with E-state index < -0.39 is 35.0 Å². The first kappa shape index (κ1) is 30.4. The number of ether oxygens (including phenoxy) is 4.